The second kappa shape index (κ2) is 7.18. The number of fused-ring (bicyclic) bond motifs is 2. The van der Waals surface area contributed by atoms with Gasteiger partial charge in [0.1, 0.15) is 11.3 Å². The van der Waals surface area contributed by atoms with Gasteiger partial charge in [-0.3, -0.25) is 9.36 Å². The van der Waals surface area contributed by atoms with E-state index in [4.69, 9.17) is 4.42 Å². The van der Waals surface area contributed by atoms with Crippen LogP contribution in [-0.2, 0) is 5.75 Å². The fraction of sp³-hybridized carbons (Fsp3) is 0.0455. The fourth-order valence-corrected chi connectivity index (χ4v) is 4.01. The molecular formula is C22H14FN3O2S. The van der Waals surface area contributed by atoms with Gasteiger partial charge in [-0.1, -0.05) is 48.2 Å². The molecular weight excluding hydrogens is 389 g/mol. The van der Waals surface area contributed by atoms with Crippen LogP contribution in [-0.4, -0.2) is 14.5 Å². The predicted molar refractivity (Wildman–Crippen MR) is 111 cm³/mol. The minimum absolute atomic E-state index is 0.163. The Morgan fingerprint density at radius 3 is 2.45 bits per heavy atom. The normalized spacial score (nSPS) is 11.3. The Hall–Kier alpha value is -3.45. The van der Waals surface area contributed by atoms with Crippen LogP contribution < -0.4 is 5.56 Å². The fourth-order valence-electron chi connectivity index (χ4n) is 3.16. The zero-order valence-corrected chi connectivity index (χ0v) is 15.9. The van der Waals surface area contributed by atoms with Gasteiger partial charge in [0, 0.05) is 0 Å². The molecule has 142 valence electrons. The Kier molecular flexibility index (Phi) is 4.37. The Morgan fingerprint density at radius 1 is 0.897 bits per heavy atom. The molecule has 0 spiro atoms. The van der Waals surface area contributed by atoms with Gasteiger partial charge in [-0.05, 0) is 36.4 Å². The summed E-state index contributed by atoms with van der Waals surface area (Å²) in [4.78, 5) is 22.2. The maximum Gasteiger partial charge on any atom is 0.266 e. The molecule has 0 aliphatic rings. The number of thioether (sulfide) groups is 1. The van der Waals surface area contributed by atoms with Crippen LogP contribution in [0.15, 0.2) is 87.2 Å². The van der Waals surface area contributed by atoms with Crippen LogP contribution in [0.4, 0.5) is 4.39 Å². The number of oxazole rings is 1. The number of nitrogens with zero attached hydrogens (tertiary/aromatic N) is 3. The summed E-state index contributed by atoms with van der Waals surface area (Å²) in [6.07, 6.45) is 0. The van der Waals surface area contributed by atoms with Crippen molar-refractivity contribution in [2.24, 2.45) is 0 Å². The van der Waals surface area contributed by atoms with Crippen molar-refractivity contribution < 1.29 is 8.81 Å². The Morgan fingerprint density at radius 2 is 1.62 bits per heavy atom. The first-order chi connectivity index (χ1) is 14.2. The van der Waals surface area contributed by atoms with Crippen LogP contribution in [0.1, 0.15) is 5.89 Å². The van der Waals surface area contributed by atoms with E-state index in [1.807, 2.05) is 30.3 Å². The molecule has 0 saturated carbocycles. The van der Waals surface area contributed by atoms with E-state index in [0.717, 1.165) is 5.52 Å². The molecule has 7 heteroatoms. The molecule has 5 nitrogen and oxygen atoms in total. The van der Waals surface area contributed by atoms with Crippen molar-refractivity contribution in [3.05, 3.63) is 94.9 Å². The molecule has 2 aromatic heterocycles. The lowest BCUT2D eigenvalue weighted by Gasteiger charge is -2.13. The van der Waals surface area contributed by atoms with Crippen LogP contribution in [0, 0.1) is 5.82 Å². The quantitative estimate of drug-likeness (QED) is 0.314. The second-order valence-electron chi connectivity index (χ2n) is 6.37. The van der Waals surface area contributed by atoms with Gasteiger partial charge in [-0.25, -0.2) is 14.4 Å². The summed E-state index contributed by atoms with van der Waals surface area (Å²) in [5, 5.41) is 0.808. The maximum atomic E-state index is 14.5. The minimum Gasteiger partial charge on any atom is -0.440 e. The summed E-state index contributed by atoms with van der Waals surface area (Å²) in [6.45, 7) is 0. The largest absolute Gasteiger partial charge is 0.440 e. The Balaban J connectivity index is 1.62. The molecule has 3 aromatic carbocycles. The molecule has 0 radical (unpaired) electrons. The first kappa shape index (κ1) is 17.6. The number of hydrogen-bond acceptors (Lipinski definition) is 5. The summed E-state index contributed by atoms with van der Waals surface area (Å²) < 4.78 is 21.6. The van der Waals surface area contributed by atoms with Crippen LogP contribution in [0.25, 0.3) is 27.7 Å². The van der Waals surface area contributed by atoms with E-state index >= 15 is 0 Å². The summed E-state index contributed by atoms with van der Waals surface area (Å²) in [6, 6.07) is 20.7. The third kappa shape index (κ3) is 3.19. The zero-order chi connectivity index (χ0) is 19.8. The molecule has 29 heavy (non-hydrogen) atoms. The molecule has 5 rings (SSSR count). The van der Waals surface area contributed by atoms with Gasteiger partial charge in [-0.2, -0.15) is 0 Å². The van der Waals surface area contributed by atoms with Crippen LogP contribution in [0.5, 0.6) is 0 Å². The summed E-state index contributed by atoms with van der Waals surface area (Å²) in [5.41, 5.74) is 1.86. The first-order valence-corrected chi connectivity index (χ1v) is 9.93. The molecule has 0 amide bonds. The first-order valence-electron chi connectivity index (χ1n) is 8.95. The van der Waals surface area contributed by atoms with E-state index < -0.39 is 5.82 Å². The van der Waals surface area contributed by atoms with E-state index in [0.29, 0.717) is 33.3 Å². The third-order valence-electron chi connectivity index (χ3n) is 4.50. The minimum atomic E-state index is -0.490. The van der Waals surface area contributed by atoms with Gasteiger partial charge >= 0.3 is 0 Å². The van der Waals surface area contributed by atoms with E-state index in [9.17, 15) is 9.18 Å². The molecule has 0 unspecified atom stereocenters. The van der Waals surface area contributed by atoms with Gasteiger partial charge in [0.2, 0.25) is 5.89 Å². The van der Waals surface area contributed by atoms with Gasteiger partial charge in [-0.15, -0.1) is 0 Å². The molecule has 0 aliphatic carbocycles. The van der Waals surface area contributed by atoms with Crippen LogP contribution in [0.2, 0.25) is 0 Å². The van der Waals surface area contributed by atoms with Crippen LogP contribution >= 0.6 is 11.8 Å². The van der Waals surface area contributed by atoms with E-state index in [-0.39, 0.29) is 11.2 Å². The van der Waals surface area contributed by atoms with Gasteiger partial charge in [0.05, 0.1) is 22.3 Å². The highest BCUT2D eigenvalue weighted by atomic mass is 32.2. The van der Waals surface area contributed by atoms with Crippen LogP contribution in [0.3, 0.4) is 0 Å². The molecule has 5 aromatic rings. The highest BCUT2D eigenvalue weighted by Crippen LogP contribution is 2.26. The predicted octanol–water partition coefficient (Wildman–Crippen LogP) is 4.96. The number of aromatic nitrogens is 3. The van der Waals surface area contributed by atoms with Gasteiger partial charge in [0.15, 0.2) is 10.7 Å². The summed E-state index contributed by atoms with van der Waals surface area (Å²) >= 11 is 1.28. The Bertz CT molecular complexity index is 1380. The molecule has 0 fully saturated rings. The molecule has 0 N–H and O–H groups in total. The lowest BCUT2D eigenvalue weighted by molar-refractivity contribution is 0.555. The van der Waals surface area contributed by atoms with Crippen molar-refractivity contribution in [2.75, 3.05) is 0 Å². The van der Waals surface area contributed by atoms with Crippen molar-refractivity contribution in [1.29, 1.82) is 0 Å². The standard InChI is InChI=1S/C22H14FN3O2S/c23-15-8-2-5-11-18(15)26-21(27)14-7-1-3-9-16(14)25-22(26)29-13-20-24-17-10-4-6-12-19(17)28-20/h1-12H,13H2. The number of hydrogen-bond donors (Lipinski definition) is 0. The number of para-hydroxylation sites is 4. The molecule has 2 heterocycles. The number of benzene rings is 3. The molecule has 0 atom stereocenters. The maximum absolute atomic E-state index is 14.5. The van der Waals surface area contributed by atoms with E-state index in [2.05, 4.69) is 9.97 Å². The van der Waals surface area contributed by atoms with Crippen molar-refractivity contribution in [2.45, 2.75) is 10.9 Å². The zero-order valence-electron chi connectivity index (χ0n) is 15.1. The number of halogens is 1. The monoisotopic (exact) mass is 403 g/mol. The molecule has 0 aliphatic heterocycles. The average Bonchev–Trinajstić information content (AvgIpc) is 3.16. The van der Waals surface area contributed by atoms with Gasteiger partial charge < -0.3 is 4.42 Å². The smallest absolute Gasteiger partial charge is 0.266 e. The molecule has 0 saturated heterocycles. The van der Waals surface area contributed by atoms with Crippen molar-refractivity contribution in [1.82, 2.24) is 14.5 Å². The van der Waals surface area contributed by atoms with E-state index in [1.165, 1.54) is 22.4 Å². The lowest BCUT2D eigenvalue weighted by atomic mass is 10.2. The number of rotatable bonds is 4. The SMILES string of the molecule is O=c1c2ccccc2nc(SCc2nc3ccccc3o2)n1-c1ccccc1F. The highest BCUT2D eigenvalue weighted by molar-refractivity contribution is 7.98. The van der Waals surface area contributed by atoms with Crippen molar-refractivity contribution in [3.63, 3.8) is 0 Å². The lowest BCUT2D eigenvalue weighted by Crippen LogP contribution is -2.22. The van der Waals surface area contributed by atoms with E-state index in [1.54, 1.807) is 36.4 Å². The summed E-state index contributed by atoms with van der Waals surface area (Å²) in [7, 11) is 0. The topological polar surface area (TPSA) is 60.9 Å². The van der Waals surface area contributed by atoms with Crippen molar-refractivity contribution in [3.8, 4) is 5.69 Å². The van der Waals surface area contributed by atoms with Gasteiger partial charge in [0.25, 0.3) is 5.56 Å². The van der Waals surface area contributed by atoms with Crippen molar-refractivity contribution >= 4 is 33.8 Å². The highest BCUT2D eigenvalue weighted by Gasteiger charge is 2.17. The Labute approximate surface area is 168 Å². The molecule has 0 bridgehead atoms. The average molecular weight is 403 g/mol. The summed E-state index contributed by atoms with van der Waals surface area (Å²) in [5.74, 6) is 0.377. The second-order valence-corrected chi connectivity index (χ2v) is 7.31. The third-order valence-corrected chi connectivity index (χ3v) is 5.42.